The third-order valence-corrected chi connectivity index (χ3v) is 3.74. The Bertz CT molecular complexity index is 825. The number of carbonyl (C=O) groups is 1. The van der Waals surface area contributed by atoms with Gasteiger partial charge in [-0.1, -0.05) is 46.3 Å². The van der Waals surface area contributed by atoms with Crippen molar-refractivity contribution < 1.29 is 4.79 Å². The zero-order valence-electron chi connectivity index (χ0n) is 12.0. The van der Waals surface area contributed by atoms with Gasteiger partial charge in [-0.15, -0.1) is 0 Å². The lowest BCUT2D eigenvalue weighted by molar-refractivity contribution is 0.0955. The van der Waals surface area contributed by atoms with Crippen LogP contribution in [-0.4, -0.2) is 22.3 Å². The molecule has 1 amide bonds. The molecule has 5 nitrogen and oxygen atoms in total. The van der Waals surface area contributed by atoms with Gasteiger partial charge >= 0.3 is 0 Å². The number of halogens is 1. The van der Waals surface area contributed by atoms with E-state index < -0.39 is 0 Å². The number of carbonyl (C=O) groups excluding carboxylic acids is 1. The number of nitrogens with one attached hydrogen (secondary N) is 2. The van der Waals surface area contributed by atoms with Crippen LogP contribution in [0.1, 0.15) is 15.9 Å². The molecule has 0 aliphatic rings. The first-order valence-corrected chi connectivity index (χ1v) is 7.71. The van der Waals surface area contributed by atoms with E-state index in [4.69, 9.17) is 0 Å². The summed E-state index contributed by atoms with van der Waals surface area (Å²) in [5.74, 6) is -0.254. The summed E-state index contributed by atoms with van der Waals surface area (Å²) >= 11 is 3.41. The molecule has 1 heterocycles. The number of benzene rings is 2. The van der Waals surface area contributed by atoms with Crippen molar-refractivity contribution in [3.63, 3.8) is 0 Å². The van der Waals surface area contributed by atoms with Crippen LogP contribution in [-0.2, 0) is 0 Å². The number of hydrazone groups is 1. The average Bonchev–Trinajstić information content (AvgIpc) is 3.05. The highest BCUT2D eigenvalue weighted by atomic mass is 79.9. The molecule has 0 aliphatic heterocycles. The molecule has 3 rings (SSSR count). The van der Waals surface area contributed by atoms with Crippen LogP contribution in [0.2, 0.25) is 0 Å². The van der Waals surface area contributed by atoms with Crippen molar-refractivity contribution in [3.8, 4) is 11.3 Å². The fraction of sp³-hybridized carbons (Fsp3) is 0. The van der Waals surface area contributed by atoms with Gasteiger partial charge in [-0.2, -0.15) is 10.2 Å². The summed E-state index contributed by atoms with van der Waals surface area (Å²) in [6.45, 7) is 0. The molecule has 0 bridgehead atoms. The average molecular weight is 369 g/mol. The maximum Gasteiger partial charge on any atom is 0.271 e. The number of aromatic amines is 1. The molecule has 0 saturated heterocycles. The first-order chi connectivity index (χ1) is 11.2. The molecular weight excluding hydrogens is 356 g/mol. The maximum absolute atomic E-state index is 11.9. The van der Waals surface area contributed by atoms with Gasteiger partial charge in [0.1, 0.15) is 0 Å². The topological polar surface area (TPSA) is 70.1 Å². The van der Waals surface area contributed by atoms with E-state index >= 15 is 0 Å². The molecule has 3 aromatic rings. The Morgan fingerprint density at radius 3 is 2.61 bits per heavy atom. The predicted molar refractivity (Wildman–Crippen MR) is 93.2 cm³/mol. The van der Waals surface area contributed by atoms with E-state index in [0.717, 1.165) is 21.3 Å². The molecule has 0 saturated carbocycles. The number of H-pyrrole nitrogens is 1. The van der Waals surface area contributed by atoms with Gasteiger partial charge in [0.2, 0.25) is 0 Å². The lowest BCUT2D eigenvalue weighted by Crippen LogP contribution is -2.17. The van der Waals surface area contributed by atoms with Crippen LogP contribution in [0.15, 0.2) is 70.4 Å². The standard InChI is InChI=1S/C17H13BrN4O/c18-15-8-6-12(7-9-15)16-14(10-19-21-16)11-20-22-17(23)13-4-2-1-3-5-13/h1-11H,(H,19,21)(H,22,23)/b20-11+. The Hall–Kier alpha value is -2.73. The summed E-state index contributed by atoms with van der Waals surface area (Å²) in [6.07, 6.45) is 3.23. The molecular formula is C17H13BrN4O. The number of rotatable bonds is 4. The third-order valence-electron chi connectivity index (χ3n) is 3.21. The van der Waals surface area contributed by atoms with Gasteiger partial charge in [-0.25, -0.2) is 5.43 Å². The molecule has 0 spiro atoms. The van der Waals surface area contributed by atoms with Crippen molar-refractivity contribution in [2.75, 3.05) is 0 Å². The van der Waals surface area contributed by atoms with Crippen LogP contribution in [0, 0.1) is 0 Å². The van der Waals surface area contributed by atoms with E-state index in [2.05, 4.69) is 36.7 Å². The Morgan fingerprint density at radius 1 is 1.13 bits per heavy atom. The molecule has 2 N–H and O–H groups in total. The van der Waals surface area contributed by atoms with E-state index in [-0.39, 0.29) is 5.91 Å². The maximum atomic E-state index is 11.9. The van der Waals surface area contributed by atoms with Gasteiger partial charge < -0.3 is 0 Å². The number of nitrogens with zero attached hydrogens (tertiary/aromatic N) is 2. The fourth-order valence-corrected chi connectivity index (χ4v) is 2.32. The SMILES string of the molecule is O=C(N/N=C/c1cn[nH]c1-c1ccc(Br)cc1)c1ccccc1. The number of hydrogen-bond acceptors (Lipinski definition) is 3. The molecule has 0 aliphatic carbocycles. The summed E-state index contributed by atoms with van der Waals surface area (Å²) in [5.41, 5.74) is 5.69. The van der Waals surface area contributed by atoms with Crippen molar-refractivity contribution in [2.24, 2.45) is 5.10 Å². The van der Waals surface area contributed by atoms with Crippen molar-refractivity contribution >= 4 is 28.1 Å². The lowest BCUT2D eigenvalue weighted by atomic mass is 10.1. The highest BCUT2D eigenvalue weighted by Gasteiger charge is 2.06. The Kier molecular flexibility index (Phi) is 4.63. The van der Waals surface area contributed by atoms with Gasteiger partial charge in [-0.3, -0.25) is 9.89 Å². The molecule has 0 fully saturated rings. The van der Waals surface area contributed by atoms with E-state index in [0.29, 0.717) is 5.56 Å². The minimum Gasteiger partial charge on any atom is -0.277 e. The van der Waals surface area contributed by atoms with Crippen molar-refractivity contribution in [3.05, 3.63) is 76.4 Å². The first kappa shape index (κ1) is 15.2. The van der Waals surface area contributed by atoms with Gasteiger partial charge in [0.15, 0.2) is 0 Å². The normalized spacial score (nSPS) is 10.8. The Balaban J connectivity index is 1.73. The summed E-state index contributed by atoms with van der Waals surface area (Å²) in [7, 11) is 0. The number of hydrogen-bond donors (Lipinski definition) is 2. The highest BCUT2D eigenvalue weighted by Crippen LogP contribution is 2.22. The summed E-state index contributed by atoms with van der Waals surface area (Å²) in [4.78, 5) is 11.9. The second-order valence-corrected chi connectivity index (χ2v) is 5.69. The summed E-state index contributed by atoms with van der Waals surface area (Å²) in [5, 5.41) is 11.0. The monoisotopic (exact) mass is 368 g/mol. The van der Waals surface area contributed by atoms with Crippen LogP contribution in [0.3, 0.4) is 0 Å². The molecule has 1 aromatic heterocycles. The first-order valence-electron chi connectivity index (χ1n) is 6.92. The molecule has 0 atom stereocenters. The summed E-state index contributed by atoms with van der Waals surface area (Å²) < 4.78 is 1.01. The third kappa shape index (κ3) is 3.73. The largest absolute Gasteiger partial charge is 0.277 e. The van der Waals surface area contributed by atoms with E-state index in [1.807, 2.05) is 30.3 Å². The molecule has 0 unspecified atom stereocenters. The quantitative estimate of drug-likeness (QED) is 0.545. The van der Waals surface area contributed by atoms with Crippen molar-refractivity contribution in [1.82, 2.24) is 15.6 Å². The molecule has 2 aromatic carbocycles. The van der Waals surface area contributed by atoms with Crippen LogP contribution in [0.4, 0.5) is 0 Å². The van der Waals surface area contributed by atoms with Crippen molar-refractivity contribution in [1.29, 1.82) is 0 Å². The fourth-order valence-electron chi connectivity index (χ4n) is 2.06. The molecule has 6 heteroatoms. The molecule has 0 radical (unpaired) electrons. The van der Waals surface area contributed by atoms with Gasteiger partial charge in [0.25, 0.3) is 5.91 Å². The van der Waals surface area contributed by atoms with E-state index in [9.17, 15) is 4.79 Å². The van der Waals surface area contributed by atoms with Gasteiger partial charge in [0.05, 0.1) is 18.1 Å². The summed E-state index contributed by atoms with van der Waals surface area (Å²) in [6, 6.07) is 16.8. The van der Waals surface area contributed by atoms with Gasteiger partial charge in [0, 0.05) is 21.2 Å². The molecule has 114 valence electrons. The Morgan fingerprint density at radius 2 is 1.87 bits per heavy atom. The molecule has 23 heavy (non-hydrogen) atoms. The van der Waals surface area contributed by atoms with Crippen LogP contribution in [0.25, 0.3) is 11.3 Å². The van der Waals surface area contributed by atoms with E-state index in [1.165, 1.54) is 0 Å². The van der Waals surface area contributed by atoms with Crippen LogP contribution >= 0.6 is 15.9 Å². The van der Waals surface area contributed by atoms with E-state index in [1.54, 1.807) is 36.7 Å². The number of amides is 1. The smallest absolute Gasteiger partial charge is 0.271 e. The minimum absolute atomic E-state index is 0.254. The van der Waals surface area contributed by atoms with Crippen LogP contribution in [0.5, 0.6) is 0 Å². The van der Waals surface area contributed by atoms with Gasteiger partial charge in [-0.05, 0) is 24.3 Å². The predicted octanol–water partition coefficient (Wildman–Crippen LogP) is 3.60. The zero-order valence-corrected chi connectivity index (χ0v) is 13.6. The number of aromatic nitrogens is 2. The van der Waals surface area contributed by atoms with Crippen molar-refractivity contribution in [2.45, 2.75) is 0 Å². The Labute approximate surface area is 141 Å². The second-order valence-electron chi connectivity index (χ2n) is 4.77. The van der Waals surface area contributed by atoms with Crippen LogP contribution < -0.4 is 5.43 Å². The zero-order chi connectivity index (χ0) is 16.1. The second kappa shape index (κ2) is 7.02. The lowest BCUT2D eigenvalue weighted by Gasteiger charge is -2.01. The minimum atomic E-state index is -0.254. The highest BCUT2D eigenvalue weighted by molar-refractivity contribution is 9.10.